The van der Waals surface area contributed by atoms with Crippen LogP contribution in [-0.2, 0) is 6.42 Å². The number of hydrogen-bond donors (Lipinski definition) is 0. The molecule has 1 atom stereocenters. The number of amides is 1. The largest absolute Gasteiger partial charge is 0.497 e. The van der Waals surface area contributed by atoms with Crippen molar-refractivity contribution in [2.75, 3.05) is 27.9 Å². The number of hydrogen-bond acceptors (Lipinski definition) is 5. The first-order valence-electron chi connectivity index (χ1n) is 9.39. The van der Waals surface area contributed by atoms with Gasteiger partial charge >= 0.3 is 0 Å². The van der Waals surface area contributed by atoms with E-state index in [9.17, 15) is 4.79 Å². The average Bonchev–Trinajstić information content (AvgIpc) is 3.32. The molecule has 0 saturated carbocycles. The Balaban J connectivity index is 1.84. The van der Waals surface area contributed by atoms with Crippen LogP contribution in [0.1, 0.15) is 33.3 Å². The number of methoxy groups -OCH3 is 3. The molecule has 1 aliphatic rings. The third kappa shape index (κ3) is 3.42. The second-order valence-corrected chi connectivity index (χ2v) is 6.81. The Morgan fingerprint density at radius 1 is 1.00 bits per heavy atom. The van der Waals surface area contributed by atoms with E-state index in [2.05, 4.69) is 0 Å². The van der Waals surface area contributed by atoms with Gasteiger partial charge in [0.25, 0.3) is 5.91 Å². The zero-order chi connectivity index (χ0) is 20.4. The molecule has 1 aromatic heterocycles. The minimum atomic E-state index is -0.276. The van der Waals surface area contributed by atoms with E-state index in [4.69, 9.17) is 18.6 Å². The molecule has 0 saturated heterocycles. The summed E-state index contributed by atoms with van der Waals surface area (Å²) in [5.74, 6) is 2.27. The van der Waals surface area contributed by atoms with Crippen LogP contribution in [-0.4, -0.2) is 38.7 Å². The van der Waals surface area contributed by atoms with Crippen molar-refractivity contribution in [2.45, 2.75) is 12.5 Å². The summed E-state index contributed by atoms with van der Waals surface area (Å²) in [5.41, 5.74) is 3.13. The molecule has 4 rings (SSSR count). The van der Waals surface area contributed by atoms with Crippen molar-refractivity contribution in [3.8, 4) is 17.2 Å². The second kappa shape index (κ2) is 7.91. The number of rotatable bonds is 5. The fraction of sp³-hybridized carbons (Fsp3) is 0.261. The third-order valence-electron chi connectivity index (χ3n) is 5.30. The van der Waals surface area contributed by atoms with Crippen LogP contribution in [0.3, 0.4) is 0 Å². The lowest BCUT2D eigenvalue weighted by Gasteiger charge is -2.37. The van der Waals surface area contributed by atoms with Gasteiger partial charge in [-0.2, -0.15) is 0 Å². The number of nitrogens with zero attached hydrogens (tertiary/aromatic N) is 1. The van der Waals surface area contributed by atoms with Gasteiger partial charge in [0.15, 0.2) is 17.3 Å². The van der Waals surface area contributed by atoms with Gasteiger partial charge in [-0.25, -0.2) is 0 Å². The quantitative estimate of drug-likeness (QED) is 0.653. The zero-order valence-corrected chi connectivity index (χ0v) is 16.7. The van der Waals surface area contributed by atoms with Crippen LogP contribution in [0.2, 0.25) is 0 Å². The molecule has 0 N–H and O–H groups in total. The minimum Gasteiger partial charge on any atom is -0.497 e. The maximum Gasteiger partial charge on any atom is 0.290 e. The highest BCUT2D eigenvalue weighted by Gasteiger charge is 2.34. The number of carbonyl (C=O) groups is 1. The summed E-state index contributed by atoms with van der Waals surface area (Å²) in [6, 6.07) is 14.9. The van der Waals surface area contributed by atoms with Gasteiger partial charge in [0.05, 0.1) is 33.6 Å². The van der Waals surface area contributed by atoms with Gasteiger partial charge in [0.1, 0.15) is 5.75 Å². The van der Waals surface area contributed by atoms with Crippen molar-refractivity contribution in [1.82, 2.24) is 4.90 Å². The van der Waals surface area contributed by atoms with Gasteiger partial charge in [-0.15, -0.1) is 0 Å². The molecule has 29 heavy (non-hydrogen) atoms. The number of benzene rings is 2. The van der Waals surface area contributed by atoms with Crippen LogP contribution in [0.25, 0.3) is 0 Å². The van der Waals surface area contributed by atoms with E-state index in [-0.39, 0.29) is 11.9 Å². The Kier molecular flexibility index (Phi) is 5.16. The summed E-state index contributed by atoms with van der Waals surface area (Å²) in [6.07, 6.45) is 2.23. The van der Waals surface area contributed by atoms with E-state index in [0.717, 1.165) is 28.9 Å². The average molecular weight is 393 g/mol. The molecule has 0 aliphatic carbocycles. The lowest BCUT2D eigenvalue weighted by Crippen LogP contribution is -2.40. The van der Waals surface area contributed by atoms with Crippen LogP contribution in [0.15, 0.2) is 59.2 Å². The van der Waals surface area contributed by atoms with Crippen molar-refractivity contribution >= 4 is 5.91 Å². The smallest absolute Gasteiger partial charge is 0.290 e. The van der Waals surface area contributed by atoms with Crippen molar-refractivity contribution in [3.63, 3.8) is 0 Å². The van der Waals surface area contributed by atoms with Crippen molar-refractivity contribution in [1.29, 1.82) is 0 Å². The SMILES string of the molecule is COc1ccc(C2c3cc(OC)c(OC)cc3CCN2C(=O)c2ccco2)cc1. The molecule has 1 amide bonds. The van der Waals surface area contributed by atoms with Crippen LogP contribution in [0, 0.1) is 0 Å². The number of ether oxygens (including phenoxy) is 3. The van der Waals surface area contributed by atoms with E-state index >= 15 is 0 Å². The Morgan fingerprint density at radius 3 is 2.34 bits per heavy atom. The summed E-state index contributed by atoms with van der Waals surface area (Å²) in [7, 11) is 4.87. The van der Waals surface area contributed by atoms with Crippen molar-refractivity contribution < 1.29 is 23.4 Å². The third-order valence-corrected chi connectivity index (χ3v) is 5.30. The highest BCUT2D eigenvalue weighted by Crippen LogP contribution is 2.41. The van der Waals surface area contributed by atoms with Crippen LogP contribution >= 0.6 is 0 Å². The van der Waals surface area contributed by atoms with Crippen LogP contribution < -0.4 is 14.2 Å². The highest BCUT2D eigenvalue weighted by molar-refractivity contribution is 5.92. The Bertz CT molecular complexity index is 995. The summed E-state index contributed by atoms with van der Waals surface area (Å²) < 4.78 is 21.7. The number of carbonyl (C=O) groups excluding carboxylic acids is 1. The molecule has 6 nitrogen and oxygen atoms in total. The monoisotopic (exact) mass is 393 g/mol. The highest BCUT2D eigenvalue weighted by atomic mass is 16.5. The molecule has 0 spiro atoms. The van der Waals surface area contributed by atoms with Gasteiger partial charge in [-0.1, -0.05) is 12.1 Å². The Morgan fingerprint density at radius 2 is 1.72 bits per heavy atom. The van der Waals surface area contributed by atoms with Gasteiger partial charge < -0.3 is 23.5 Å². The van der Waals surface area contributed by atoms with E-state index in [1.54, 1.807) is 33.5 Å². The van der Waals surface area contributed by atoms with Crippen LogP contribution in [0.4, 0.5) is 0 Å². The molecule has 1 aliphatic heterocycles. The van der Waals surface area contributed by atoms with Gasteiger partial charge in [-0.05, 0) is 59.5 Å². The summed E-state index contributed by atoms with van der Waals surface area (Å²) in [4.78, 5) is 15.0. The topological polar surface area (TPSA) is 61.1 Å². The van der Waals surface area contributed by atoms with E-state index in [1.807, 2.05) is 41.3 Å². The normalized spacial score (nSPS) is 15.6. The van der Waals surface area contributed by atoms with Crippen molar-refractivity contribution in [3.05, 3.63) is 77.2 Å². The molecule has 2 aromatic carbocycles. The molecule has 0 fully saturated rings. The summed E-state index contributed by atoms with van der Waals surface area (Å²) in [5, 5.41) is 0. The molecule has 150 valence electrons. The number of fused-ring (bicyclic) bond motifs is 1. The van der Waals surface area contributed by atoms with E-state index < -0.39 is 0 Å². The van der Waals surface area contributed by atoms with Crippen molar-refractivity contribution in [2.24, 2.45) is 0 Å². The van der Waals surface area contributed by atoms with Crippen LogP contribution in [0.5, 0.6) is 17.2 Å². The van der Waals surface area contributed by atoms with E-state index in [0.29, 0.717) is 23.8 Å². The fourth-order valence-corrected chi connectivity index (χ4v) is 3.85. The molecule has 1 unspecified atom stereocenters. The lowest BCUT2D eigenvalue weighted by molar-refractivity contribution is 0.0661. The maximum atomic E-state index is 13.2. The summed E-state index contributed by atoms with van der Waals surface area (Å²) in [6.45, 7) is 0.568. The van der Waals surface area contributed by atoms with E-state index in [1.165, 1.54) is 6.26 Å². The molecule has 0 bridgehead atoms. The second-order valence-electron chi connectivity index (χ2n) is 6.81. The zero-order valence-electron chi connectivity index (χ0n) is 16.7. The minimum absolute atomic E-state index is 0.142. The predicted octanol–water partition coefficient (Wildman–Crippen LogP) is 4.09. The lowest BCUT2D eigenvalue weighted by atomic mass is 9.87. The first-order chi connectivity index (χ1) is 14.2. The van der Waals surface area contributed by atoms with Gasteiger partial charge in [0.2, 0.25) is 0 Å². The number of furan rings is 1. The Labute approximate surface area is 169 Å². The van der Waals surface area contributed by atoms with Gasteiger partial charge in [0, 0.05) is 6.54 Å². The maximum absolute atomic E-state index is 13.2. The predicted molar refractivity (Wildman–Crippen MR) is 108 cm³/mol. The fourth-order valence-electron chi connectivity index (χ4n) is 3.85. The van der Waals surface area contributed by atoms with Gasteiger partial charge in [-0.3, -0.25) is 4.79 Å². The molecule has 0 radical (unpaired) electrons. The molecular weight excluding hydrogens is 370 g/mol. The molecular formula is C23H23NO5. The summed E-state index contributed by atoms with van der Waals surface area (Å²) >= 11 is 0. The molecule has 3 aromatic rings. The molecule has 6 heteroatoms. The Hall–Kier alpha value is -3.41. The molecule has 2 heterocycles. The first kappa shape index (κ1) is 18.9. The first-order valence-corrected chi connectivity index (χ1v) is 9.39. The standard InChI is InChI=1S/C23H23NO5/c1-26-17-8-6-15(7-9-17)22-18-14-21(28-3)20(27-2)13-16(18)10-11-24(22)23(25)19-5-4-12-29-19/h4-9,12-14,22H,10-11H2,1-3H3.